The first-order chi connectivity index (χ1) is 16.1. The van der Waals surface area contributed by atoms with Crippen molar-refractivity contribution in [3.8, 4) is 0 Å². The van der Waals surface area contributed by atoms with E-state index < -0.39 is 35.1 Å². The average molecular weight is 493 g/mol. The Balaban J connectivity index is 2.36. The number of rotatable bonds is 9. The monoisotopic (exact) mass is 492 g/mol. The van der Waals surface area contributed by atoms with Crippen molar-refractivity contribution in [2.75, 3.05) is 23.4 Å². The highest BCUT2D eigenvalue weighted by Crippen LogP contribution is 2.30. The van der Waals surface area contributed by atoms with E-state index in [2.05, 4.69) is 10.6 Å². The van der Waals surface area contributed by atoms with E-state index >= 15 is 0 Å². The summed E-state index contributed by atoms with van der Waals surface area (Å²) in [7, 11) is 0. The summed E-state index contributed by atoms with van der Waals surface area (Å²) in [6, 6.07) is 3.26. The normalized spacial score (nSPS) is 17.1. The summed E-state index contributed by atoms with van der Waals surface area (Å²) in [6.45, 7) is 6.71. The first-order valence-corrected chi connectivity index (χ1v) is 12.1. The van der Waals surface area contributed by atoms with Crippen molar-refractivity contribution >= 4 is 52.1 Å². The zero-order valence-corrected chi connectivity index (χ0v) is 20.7. The number of nitrogens with zero attached hydrogens (tertiary/aromatic N) is 1. The minimum atomic E-state index is -0.902. The van der Waals surface area contributed by atoms with Gasteiger partial charge in [0, 0.05) is 18.3 Å². The first kappa shape index (κ1) is 27.2. The second-order valence-corrected chi connectivity index (χ2v) is 9.40. The SMILES string of the molecule is CCOC(=O)CN1C(=O)C(NC(=O)[C@@H](SC(C)=O)[C@@H](C)CC)CCc2cc(NC(N)=O)ccc21. The maximum absolute atomic E-state index is 13.5. The summed E-state index contributed by atoms with van der Waals surface area (Å²) in [5.41, 5.74) is 6.85. The fourth-order valence-electron chi connectivity index (χ4n) is 3.71. The van der Waals surface area contributed by atoms with Gasteiger partial charge >= 0.3 is 12.0 Å². The predicted octanol–water partition coefficient (Wildman–Crippen LogP) is 2.20. The Morgan fingerprint density at radius 2 is 1.97 bits per heavy atom. The van der Waals surface area contributed by atoms with Crippen molar-refractivity contribution in [2.24, 2.45) is 11.7 Å². The third-order valence-corrected chi connectivity index (χ3v) is 6.79. The van der Waals surface area contributed by atoms with Gasteiger partial charge in [-0.1, -0.05) is 32.0 Å². The molecule has 34 heavy (non-hydrogen) atoms. The van der Waals surface area contributed by atoms with Crippen LogP contribution >= 0.6 is 11.8 Å². The number of thioether (sulfide) groups is 1. The zero-order chi connectivity index (χ0) is 25.4. The van der Waals surface area contributed by atoms with Crippen LogP contribution in [0.25, 0.3) is 0 Å². The zero-order valence-electron chi connectivity index (χ0n) is 19.9. The maximum Gasteiger partial charge on any atom is 0.326 e. The maximum atomic E-state index is 13.5. The molecule has 4 amide bonds. The lowest BCUT2D eigenvalue weighted by atomic mass is 10.0. The second-order valence-electron chi connectivity index (χ2n) is 8.08. The van der Waals surface area contributed by atoms with Crippen molar-refractivity contribution in [1.82, 2.24) is 5.32 Å². The van der Waals surface area contributed by atoms with Gasteiger partial charge in [-0.25, -0.2) is 4.79 Å². The lowest BCUT2D eigenvalue weighted by Crippen LogP contribution is -2.52. The molecule has 1 aliphatic heterocycles. The van der Waals surface area contributed by atoms with Gasteiger partial charge in [-0.15, -0.1) is 0 Å². The number of fused-ring (bicyclic) bond motifs is 1. The molecule has 0 bridgehead atoms. The van der Waals surface area contributed by atoms with Crippen molar-refractivity contribution in [3.63, 3.8) is 0 Å². The number of esters is 1. The first-order valence-electron chi connectivity index (χ1n) is 11.2. The molecule has 1 aliphatic rings. The topological polar surface area (TPSA) is 148 Å². The number of aryl methyl sites for hydroxylation is 1. The van der Waals surface area contributed by atoms with Crippen LogP contribution in [-0.4, -0.2) is 53.4 Å². The molecule has 0 aliphatic carbocycles. The number of urea groups is 1. The largest absolute Gasteiger partial charge is 0.465 e. The third kappa shape index (κ3) is 7.21. The van der Waals surface area contributed by atoms with Crippen LogP contribution in [0.2, 0.25) is 0 Å². The van der Waals surface area contributed by atoms with Crippen molar-refractivity contribution in [2.45, 2.75) is 58.2 Å². The number of hydrogen-bond donors (Lipinski definition) is 3. The Hall–Kier alpha value is -3.08. The van der Waals surface area contributed by atoms with Crippen molar-refractivity contribution in [3.05, 3.63) is 23.8 Å². The summed E-state index contributed by atoms with van der Waals surface area (Å²) in [5, 5.41) is 4.48. The van der Waals surface area contributed by atoms with E-state index in [1.54, 1.807) is 25.1 Å². The predicted molar refractivity (Wildman–Crippen MR) is 130 cm³/mol. The number of anilines is 2. The number of hydrogen-bond acceptors (Lipinski definition) is 7. The highest BCUT2D eigenvalue weighted by Gasteiger charge is 2.35. The molecule has 0 fully saturated rings. The minimum absolute atomic E-state index is 0.0787. The van der Waals surface area contributed by atoms with Gasteiger partial charge < -0.3 is 21.1 Å². The van der Waals surface area contributed by atoms with Crippen LogP contribution in [0.15, 0.2) is 18.2 Å². The van der Waals surface area contributed by atoms with Crippen LogP contribution in [0.5, 0.6) is 0 Å². The number of benzene rings is 1. The Morgan fingerprint density at radius 1 is 1.26 bits per heavy atom. The quantitative estimate of drug-likeness (QED) is 0.448. The highest BCUT2D eigenvalue weighted by atomic mass is 32.2. The van der Waals surface area contributed by atoms with Crippen molar-refractivity contribution < 1.29 is 28.7 Å². The Kier molecular flexibility index (Phi) is 9.91. The molecule has 0 saturated carbocycles. The van der Waals surface area contributed by atoms with Gasteiger partial charge in [0.2, 0.25) is 11.8 Å². The molecule has 4 N–H and O–H groups in total. The van der Waals surface area contributed by atoms with Crippen molar-refractivity contribution in [1.29, 1.82) is 0 Å². The molecule has 3 atom stereocenters. The molecule has 186 valence electrons. The highest BCUT2D eigenvalue weighted by molar-refractivity contribution is 8.14. The molecular formula is C23H32N4O6S. The molecule has 1 aromatic rings. The lowest BCUT2D eigenvalue weighted by Gasteiger charge is -2.27. The molecule has 11 heteroatoms. The molecular weight excluding hydrogens is 460 g/mol. The number of amides is 4. The van der Waals surface area contributed by atoms with E-state index in [-0.39, 0.29) is 30.6 Å². The van der Waals surface area contributed by atoms with E-state index in [9.17, 15) is 24.0 Å². The van der Waals surface area contributed by atoms with Gasteiger partial charge in [-0.05, 0) is 49.4 Å². The van der Waals surface area contributed by atoms with Crippen LogP contribution in [0, 0.1) is 5.92 Å². The summed E-state index contributed by atoms with van der Waals surface area (Å²) >= 11 is 0.946. The van der Waals surface area contributed by atoms with Crippen LogP contribution in [0.1, 0.15) is 46.1 Å². The van der Waals surface area contributed by atoms with Crippen LogP contribution < -0.4 is 21.3 Å². The fourth-order valence-corrected chi connectivity index (χ4v) is 4.66. The molecule has 0 saturated heterocycles. The third-order valence-electron chi connectivity index (χ3n) is 5.53. The van der Waals surface area contributed by atoms with E-state index in [4.69, 9.17) is 10.5 Å². The summed E-state index contributed by atoms with van der Waals surface area (Å²) in [5.74, 6) is -1.51. The molecule has 1 heterocycles. The number of primary amides is 1. The van der Waals surface area contributed by atoms with Gasteiger partial charge in [0.05, 0.1) is 11.9 Å². The molecule has 1 aromatic carbocycles. The molecule has 0 radical (unpaired) electrons. The second kappa shape index (κ2) is 12.4. The number of carbonyl (C=O) groups excluding carboxylic acids is 5. The van der Waals surface area contributed by atoms with Crippen LogP contribution in [-0.2, 0) is 30.3 Å². The van der Waals surface area contributed by atoms with Gasteiger partial charge in [0.15, 0.2) is 5.12 Å². The molecule has 0 spiro atoms. The average Bonchev–Trinajstić information content (AvgIpc) is 2.88. The van der Waals surface area contributed by atoms with Crippen LogP contribution in [0.4, 0.5) is 16.2 Å². The molecule has 10 nitrogen and oxygen atoms in total. The molecule has 1 unspecified atom stereocenters. The number of carbonyl (C=O) groups is 5. The van der Waals surface area contributed by atoms with Gasteiger partial charge in [0.1, 0.15) is 12.6 Å². The van der Waals surface area contributed by atoms with E-state index in [0.29, 0.717) is 29.8 Å². The van der Waals surface area contributed by atoms with E-state index in [1.165, 1.54) is 11.8 Å². The Bertz CT molecular complexity index is 953. The van der Waals surface area contributed by atoms with Gasteiger partial charge in [0.25, 0.3) is 0 Å². The van der Waals surface area contributed by atoms with Crippen LogP contribution in [0.3, 0.4) is 0 Å². The van der Waals surface area contributed by atoms with E-state index in [0.717, 1.165) is 11.8 Å². The number of ether oxygens (including phenoxy) is 1. The molecule has 2 rings (SSSR count). The minimum Gasteiger partial charge on any atom is -0.465 e. The number of nitrogens with two attached hydrogens (primary N) is 1. The van der Waals surface area contributed by atoms with Gasteiger partial charge in [-0.3, -0.25) is 24.1 Å². The summed E-state index contributed by atoms with van der Waals surface area (Å²) in [4.78, 5) is 63.0. The standard InChI is InChI=1S/C23H32N4O6S/c1-5-13(3)20(34-14(4)28)21(30)26-17-9-7-15-11-16(25-23(24)32)8-10-18(15)27(22(17)31)12-19(29)33-6-2/h8,10-11,13,17,20H,5-7,9,12H2,1-4H3,(H,26,30)(H3,24,25,32)/t13-,17?,20-/m0/s1. The Labute approximate surface area is 203 Å². The molecule has 0 aromatic heterocycles. The fraction of sp³-hybridized carbons (Fsp3) is 0.522. The lowest BCUT2D eigenvalue weighted by molar-refractivity contribution is -0.142. The van der Waals surface area contributed by atoms with Gasteiger partial charge in [-0.2, -0.15) is 0 Å². The Morgan fingerprint density at radius 3 is 2.56 bits per heavy atom. The summed E-state index contributed by atoms with van der Waals surface area (Å²) < 4.78 is 5.03. The smallest absolute Gasteiger partial charge is 0.326 e. The summed E-state index contributed by atoms with van der Waals surface area (Å²) in [6.07, 6.45) is 1.36. The van der Waals surface area contributed by atoms with E-state index in [1.807, 2.05) is 13.8 Å². The number of nitrogens with one attached hydrogen (secondary N) is 2.